The highest BCUT2D eigenvalue weighted by Gasteiger charge is 2.14. The molecule has 0 fully saturated rings. The number of rotatable bonds is 9. The van der Waals surface area contributed by atoms with Gasteiger partial charge < -0.3 is 0 Å². The molecule has 0 bridgehead atoms. The fourth-order valence-electron chi connectivity index (χ4n) is 1.71. The molecule has 0 aromatic heterocycles. The highest BCUT2D eigenvalue weighted by atomic mass is 16.5. The molecule has 0 aromatic rings. The predicted octanol–water partition coefficient (Wildman–Crippen LogP) is 2.58. The van der Waals surface area contributed by atoms with Crippen molar-refractivity contribution in [3.05, 3.63) is 0 Å². The van der Waals surface area contributed by atoms with Gasteiger partial charge in [0.05, 0.1) is 12.1 Å². The Morgan fingerprint density at radius 3 is 1.30 bits per heavy atom. The Morgan fingerprint density at radius 2 is 1.05 bits per heavy atom. The summed E-state index contributed by atoms with van der Waals surface area (Å²) in [5.41, 5.74) is 0. The Labute approximate surface area is 121 Å². The summed E-state index contributed by atoms with van der Waals surface area (Å²) in [6, 6.07) is -0.404. The van der Waals surface area contributed by atoms with Crippen LogP contribution < -0.4 is 0 Å². The molecular formula is C14H28N2O4. The molecule has 0 saturated heterocycles. The normalized spacial score (nSPS) is 11.0. The van der Waals surface area contributed by atoms with Gasteiger partial charge in [0.2, 0.25) is 11.8 Å². The molecule has 2 N–H and O–H groups in total. The van der Waals surface area contributed by atoms with Crippen molar-refractivity contribution >= 4 is 11.8 Å². The maximum Gasteiger partial charge on any atom is 0.246 e. The van der Waals surface area contributed by atoms with Gasteiger partial charge in [0.25, 0.3) is 0 Å². The monoisotopic (exact) mass is 288 g/mol. The Bertz CT molecular complexity index is 276. The van der Waals surface area contributed by atoms with Gasteiger partial charge >= 0.3 is 0 Å². The molecule has 0 unspecified atom stereocenters. The molecule has 0 rings (SSSR count). The van der Waals surface area contributed by atoms with Crippen molar-refractivity contribution in [1.29, 1.82) is 0 Å². The molecule has 20 heavy (non-hydrogen) atoms. The third kappa shape index (κ3) is 7.45. The van der Waals surface area contributed by atoms with Crippen molar-refractivity contribution in [1.82, 2.24) is 10.1 Å². The van der Waals surface area contributed by atoms with E-state index in [1.165, 1.54) is 0 Å². The minimum atomic E-state index is -0.266. The van der Waals surface area contributed by atoms with Crippen LogP contribution in [0.15, 0.2) is 0 Å². The van der Waals surface area contributed by atoms with E-state index in [9.17, 15) is 20.0 Å². The van der Waals surface area contributed by atoms with Gasteiger partial charge in [-0.25, -0.2) is 10.1 Å². The molecule has 0 radical (unpaired) electrons. The van der Waals surface area contributed by atoms with Gasteiger partial charge in [-0.1, -0.05) is 12.8 Å². The molecule has 6 heteroatoms. The van der Waals surface area contributed by atoms with E-state index in [1.54, 1.807) is 27.7 Å². The standard InChI is InChI=1S/C14H28N2O4/c1-11(2)15(19)13(17)9-7-5-6-8-10-14(18)16(20)12(3)4/h11-12,19-20H,5-10H2,1-4H3. The van der Waals surface area contributed by atoms with Crippen LogP contribution in [-0.4, -0.2) is 44.4 Å². The molecule has 0 aliphatic carbocycles. The minimum Gasteiger partial charge on any atom is -0.286 e. The molecule has 0 heterocycles. The maximum atomic E-state index is 11.5. The van der Waals surface area contributed by atoms with E-state index in [4.69, 9.17) is 0 Å². The summed E-state index contributed by atoms with van der Waals surface area (Å²) < 4.78 is 0. The zero-order valence-electron chi connectivity index (χ0n) is 13.0. The summed E-state index contributed by atoms with van der Waals surface area (Å²) in [4.78, 5) is 22.9. The van der Waals surface area contributed by atoms with Crippen LogP contribution in [0.5, 0.6) is 0 Å². The SMILES string of the molecule is CC(C)N(O)C(=O)CCCCCCC(=O)N(O)C(C)C. The van der Waals surface area contributed by atoms with Crippen LogP contribution in [0, 0.1) is 0 Å². The second-order valence-corrected chi connectivity index (χ2v) is 5.58. The summed E-state index contributed by atoms with van der Waals surface area (Å²) in [6.07, 6.45) is 3.70. The van der Waals surface area contributed by atoms with E-state index in [0.717, 1.165) is 23.0 Å². The number of hydrogen-bond donors (Lipinski definition) is 2. The van der Waals surface area contributed by atoms with Gasteiger partial charge in [0, 0.05) is 12.8 Å². The minimum absolute atomic E-state index is 0.202. The van der Waals surface area contributed by atoms with Crippen molar-refractivity contribution in [3.8, 4) is 0 Å². The fraction of sp³-hybridized carbons (Fsp3) is 0.857. The zero-order chi connectivity index (χ0) is 15.7. The van der Waals surface area contributed by atoms with Gasteiger partial charge in [0.1, 0.15) is 0 Å². The molecular weight excluding hydrogens is 260 g/mol. The lowest BCUT2D eigenvalue weighted by Gasteiger charge is -2.19. The molecule has 0 aliphatic heterocycles. The third-order valence-electron chi connectivity index (χ3n) is 3.02. The fourth-order valence-corrected chi connectivity index (χ4v) is 1.71. The average Bonchev–Trinajstić information content (AvgIpc) is 2.39. The van der Waals surface area contributed by atoms with Gasteiger partial charge in [-0.15, -0.1) is 0 Å². The van der Waals surface area contributed by atoms with Crippen molar-refractivity contribution in [2.45, 2.75) is 78.3 Å². The number of unbranched alkanes of at least 4 members (excludes halogenated alkanes) is 3. The van der Waals surface area contributed by atoms with Crippen LogP contribution >= 0.6 is 0 Å². The van der Waals surface area contributed by atoms with Crippen LogP contribution in [0.2, 0.25) is 0 Å². The molecule has 6 nitrogen and oxygen atoms in total. The molecule has 0 saturated carbocycles. The van der Waals surface area contributed by atoms with Crippen LogP contribution in [0.1, 0.15) is 66.2 Å². The smallest absolute Gasteiger partial charge is 0.246 e. The largest absolute Gasteiger partial charge is 0.286 e. The Balaban J connectivity index is 3.64. The molecule has 2 amide bonds. The highest BCUT2D eigenvalue weighted by Crippen LogP contribution is 2.09. The van der Waals surface area contributed by atoms with E-state index in [1.807, 2.05) is 0 Å². The summed E-state index contributed by atoms with van der Waals surface area (Å²) in [5.74, 6) is -0.533. The van der Waals surface area contributed by atoms with Crippen molar-refractivity contribution in [2.24, 2.45) is 0 Å². The number of nitrogens with zero attached hydrogens (tertiary/aromatic N) is 2. The Hall–Kier alpha value is -1.14. The summed E-state index contributed by atoms with van der Waals surface area (Å²) in [5, 5.41) is 20.3. The first kappa shape index (κ1) is 18.9. The van der Waals surface area contributed by atoms with Crippen LogP contribution in [0.3, 0.4) is 0 Å². The number of hydrogen-bond acceptors (Lipinski definition) is 4. The number of hydroxylamine groups is 4. The van der Waals surface area contributed by atoms with E-state index in [0.29, 0.717) is 25.7 Å². The second-order valence-electron chi connectivity index (χ2n) is 5.58. The van der Waals surface area contributed by atoms with Gasteiger partial charge in [-0.3, -0.25) is 20.0 Å². The van der Waals surface area contributed by atoms with E-state index in [-0.39, 0.29) is 23.9 Å². The quantitative estimate of drug-likeness (QED) is 0.388. The van der Waals surface area contributed by atoms with Crippen LogP contribution in [0.4, 0.5) is 0 Å². The highest BCUT2D eigenvalue weighted by molar-refractivity contribution is 5.75. The van der Waals surface area contributed by atoms with Crippen molar-refractivity contribution in [2.75, 3.05) is 0 Å². The Kier molecular flexibility index (Phi) is 9.16. The second kappa shape index (κ2) is 9.72. The molecule has 0 aliphatic rings. The molecule has 0 atom stereocenters. The summed E-state index contributed by atoms with van der Waals surface area (Å²) >= 11 is 0. The molecule has 118 valence electrons. The number of carbonyl (C=O) groups excluding carboxylic acids is 2. The Morgan fingerprint density at radius 1 is 0.750 bits per heavy atom. The maximum absolute atomic E-state index is 11.5. The van der Waals surface area contributed by atoms with E-state index >= 15 is 0 Å². The molecule has 0 aromatic carbocycles. The third-order valence-corrected chi connectivity index (χ3v) is 3.02. The first-order valence-corrected chi connectivity index (χ1v) is 7.29. The van der Waals surface area contributed by atoms with Gasteiger partial charge in [-0.2, -0.15) is 0 Å². The first-order valence-electron chi connectivity index (χ1n) is 7.29. The summed E-state index contributed by atoms with van der Waals surface area (Å²) in [7, 11) is 0. The lowest BCUT2D eigenvalue weighted by atomic mass is 10.1. The van der Waals surface area contributed by atoms with Gasteiger partial charge in [0.15, 0.2) is 0 Å². The van der Waals surface area contributed by atoms with Crippen molar-refractivity contribution in [3.63, 3.8) is 0 Å². The van der Waals surface area contributed by atoms with E-state index < -0.39 is 0 Å². The number of carbonyl (C=O) groups is 2. The van der Waals surface area contributed by atoms with E-state index in [2.05, 4.69) is 0 Å². The predicted molar refractivity (Wildman–Crippen MR) is 75.2 cm³/mol. The topological polar surface area (TPSA) is 81.1 Å². The first-order chi connectivity index (χ1) is 9.27. The zero-order valence-corrected chi connectivity index (χ0v) is 13.0. The van der Waals surface area contributed by atoms with Crippen molar-refractivity contribution < 1.29 is 20.0 Å². The molecule has 0 spiro atoms. The average molecular weight is 288 g/mol. The lowest BCUT2D eigenvalue weighted by molar-refractivity contribution is -0.173. The lowest BCUT2D eigenvalue weighted by Crippen LogP contribution is -2.33. The summed E-state index contributed by atoms with van der Waals surface area (Å²) in [6.45, 7) is 7.00. The van der Waals surface area contributed by atoms with Gasteiger partial charge in [-0.05, 0) is 40.5 Å². The van der Waals surface area contributed by atoms with Crippen LogP contribution in [-0.2, 0) is 9.59 Å². The van der Waals surface area contributed by atoms with Crippen LogP contribution in [0.25, 0.3) is 0 Å². The number of amides is 2.